The number of hydrogen-bond acceptors (Lipinski definition) is 3. The van der Waals surface area contributed by atoms with E-state index in [9.17, 15) is 0 Å². The first-order valence-electron chi connectivity index (χ1n) is 4.92. The van der Waals surface area contributed by atoms with Gasteiger partial charge in [-0.2, -0.15) is 0 Å². The molecule has 0 amide bonds. The van der Waals surface area contributed by atoms with Crippen molar-refractivity contribution in [1.82, 2.24) is 5.32 Å². The second-order valence-electron chi connectivity index (χ2n) is 3.38. The van der Waals surface area contributed by atoms with Crippen LogP contribution in [-0.2, 0) is 0 Å². The lowest BCUT2D eigenvalue weighted by Gasteiger charge is -2.11. The van der Waals surface area contributed by atoms with Crippen LogP contribution >= 0.6 is 0 Å². The van der Waals surface area contributed by atoms with Gasteiger partial charge in [0.1, 0.15) is 0 Å². The van der Waals surface area contributed by atoms with Crippen LogP contribution in [-0.4, -0.2) is 26.2 Å². The minimum atomic E-state index is 0.742. The standard InChI is InChI=1S/C9H23N3/c1-9(4-2-5-10)8-12-7-3-6-11/h9,12H,2-8,10-11H2,1H3. The smallest absolute Gasteiger partial charge is 0.00231 e. The Morgan fingerprint density at radius 3 is 2.42 bits per heavy atom. The molecule has 0 rings (SSSR count). The van der Waals surface area contributed by atoms with Gasteiger partial charge in [-0.15, -0.1) is 0 Å². The van der Waals surface area contributed by atoms with Gasteiger partial charge in [0, 0.05) is 0 Å². The van der Waals surface area contributed by atoms with Crippen molar-refractivity contribution in [3.05, 3.63) is 0 Å². The molecule has 0 radical (unpaired) electrons. The van der Waals surface area contributed by atoms with E-state index in [1.54, 1.807) is 0 Å². The van der Waals surface area contributed by atoms with Crippen LogP contribution in [0, 0.1) is 5.92 Å². The molecule has 0 aromatic rings. The van der Waals surface area contributed by atoms with E-state index in [2.05, 4.69) is 12.2 Å². The van der Waals surface area contributed by atoms with E-state index in [4.69, 9.17) is 11.5 Å². The third-order valence-corrected chi connectivity index (χ3v) is 1.95. The highest BCUT2D eigenvalue weighted by molar-refractivity contribution is 4.57. The highest BCUT2D eigenvalue weighted by Gasteiger charge is 1.99. The zero-order valence-corrected chi connectivity index (χ0v) is 8.18. The Morgan fingerprint density at radius 1 is 1.17 bits per heavy atom. The highest BCUT2D eigenvalue weighted by Crippen LogP contribution is 2.02. The van der Waals surface area contributed by atoms with E-state index in [0.717, 1.165) is 44.9 Å². The van der Waals surface area contributed by atoms with Crippen LogP contribution in [0.15, 0.2) is 0 Å². The lowest BCUT2D eigenvalue weighted by atomic mass is 10.1. The quantitative estimate of drug-likeness (QED) is 0.463. The number of nitrogens with two attached hydrogens (primary N) is 2. The van der Waals surface area contributed by atoms with Crippen LogP contribution in [0.5, 0.6) is 0 Å². The monoisotopic (exact) mass is 173 g/mol. The molecule has 5 N–H and O–H groups in total. The van der Waals surface area contributed by atoms with Gasteiger partial charge in [-0.1, -0.05) is 6.92 Å². The van der Waals surface area contributed by atoms with Gasteiger partial charge in [0.05, 0.1) is 0 Å². The molecule has 1 atom stereocenters. The van der Waals surface area contributed by atoms with Crippen LogP contribution in [0.4, 0.5) is 0 Å². The predicted octanol–water partition coefficient (Wildman–Crippen LogP) is 0.300. The average molecular weight is 173 g/mol. The van der Waals surface area contributed by atoms with Gasteiger partial charge in [0.25, 0.3) is 0 Å². The van der Waals surface area contributed by atoms with E-state index in [1.165, 1.54) is 6.42 Å². The predicted molar refractivity (Wildman–Crippen MR) is 54.0 cm³/mol. The second kappa shape index (κ2) is 8.97. The van der Waals surface area contributed by atoms with Crippen molar-refractivity contribution in [1.29, 1.82) is 0 Å². The molecule has 0 bridgehead atoms. The summed E-state index contributed by atoms with van der Waals surface area (Å²) in [7, 11) is 0. The third kappa shape index (κ3) is 7.98. The van der Waals surface area contributed by atoms with Gasteiger partial charge < -0.3 is 16.8 Å². The maximum atomic E-state index is 5.42. The Labute approximate surface area is 75.9 Å². The molecule has 0 aromatic carbocycles. The summed E-state index contributed by atoms with van der Waals surface area (Å²) < 4.78 is 0. The second-order valence-corrected chi connectivity index (χ2v) is 3.38. The minimum absolute atomic E-state index is 0.742. The van der Waals surface area contributed by atoms with Gasteiger partial charge in [-0.05, 0) is 51.4 Å². The summed E-state index contributed by atoms with van der Waals surface area (Å²) >= 11 is 0. The first kappa shape index (κ1) is 11.9. The van der Waals surface area contributed by atoms with E-state index < -0.39 is 0 Å². The molecule has 0 aliphatic rings. The Kier molecular flexibility index (Phi) is 8.88. The molecule has 3 nitrogen and oxygen atoms in total. The lowest BCUT2D eigenvalue weighted by molar-refractivity contribution is 0.468. The number of nitrogens with one attached hydrogen (secondary N) is 1. The summed E-state index contributed by atoms with van der Waals surface area (Å²) in [6, 6.07) is 0. The van der Waals surface area contributed by atoms with Crippen LogP contribution < -0.4 is 16.8 Å². The zero-order valence-electron chi connectivity index (χ0n) is 8.18. The molecule has 0 saturated carbocycles. The third-order valence-electron chi connectivity index (χ3n) is 1.95. The SMILES string of the molecule is CC(CCCN)CNCCCN. The Morgan fingerprint density at radius 2 is 1.83 bits per heavy atom. The molecule has 74 valence electrons. The van der Waals surface area contributed by atoms with Gasteiger partial charge >= 0.3 is 0 Å². The fourth-order valence-corrected chi connectivity index (χ4v) is 1.14. The molecule has 12 heavy (non-hydrogen) atoms. The molecule has 0 fully saturated rings. The molecular weight excluding hydrogens is 150 g/mol. The zero-order chi connectivity index (χ0) is 9.23. The fourth-order valence-electron chi connectivity index (χ4n) is 1.14. The van der Waals surface area contributed by atoms with Crippen molar-refractivity contribution in [3.8, 4) is 0 Å². The molecular formula is C9H23N3. The Bertz CT molecular complexity index is 85.8. The molecule has 0 aliphatic carbocycles. The van der Waals surface area contributed by atoms with Gasteiger partial charge in [0.15, 0.2) is 0 Å². The average Bonchev–Trinajstić information content (AvgIpc) is 2.09. The van der Waals surface area contributed by atoms with Gasteiger partial charge in [-0.3, -0.25) is 0 Å². The van der Waals surface area contributed by atoms with E-state index in [1.807, 2.05) is 0 Å². The van der Waals surface area contributed by atoms with Crippen molar-refractivity contribution < 1.29 is 0 Å². The van der Waals surface area contributed by atoms with Gasteiger partial charge in [-0.25, -0.2) is 0 Å². The van der Waals surface area contributed by atoms with E-state index >= 15 is 0 Å². The van der Waals surface area contributed by atoms with Crippen LogP contribution in [0.3, 0.4) is 0 Å². The van der Waals surface area contributed by atoms with Gasteiger partial charge in [0.2, 0.25) is 0 Å². The summed E-state index contributed by atoms with van der Waals surface area (Å²) in [5, 5.41) is 3.37. The van der Waals surface area contributed by atoms with Crippen molar-refractivity contribution >= 4 is 0 Å². The van der Waals surface area contributed by atoms with Crippen LogP contribution in [0.2, 0.25) is 0 Å². The molecule has 0 spiro atoms. The number of hydrogen-bond donors (Lipinski definition) is 3. The van der Waals surface area contributed by atoms with Crippen molar-refractivity contribution in [2.75, 3.05) is 26.2 Å². The first-order chi connectivity index (χ1) is 5.81. The first-order valence-corrected chi connectivity index (χ1v) is 4.92. The van der Waals surface area contributed by atoms with E-state index in [-0.39, 0.29) is 0 Å². The molecule has 0 aliphatic heterocycles. The van der Waals surface area contributed by atoms with Crippen LogP contribution in [0.25, 0.3) is 0 Å². The lowest BCUT2D eigenvalue weighted by Crippen LogP contribution is -2.24. The molecule has 1 unspecified atom stereocenters. The fraction of sp³-hybridized carbons (Fsp3) is 1.00. The van der Waals surface area contributed by atoms with E-state index in [0.29, 0.717) is 0 Å². The minimum Gasteiger partial charge on any atom is -0.330 e. The maximum absolute atomic E-state index is 5.42. The summed E-state index contributed by atoms with van der Waals surface area (Å²) in [5.74, 6) is 0.742. The summed E-state index contributed by atoms with van der Waals surface area (Å²) in [6.45, 7) is 5.99. The van der Waals surface area contributed by atoms with Crippen molar-refractivity contribution in [2.45, 2.75) is 26.2 Å². The summed E-state index contributed by atoms with van der Waals surface area (Å²) in [5.41, 5.74) is 10.8. The normalized spacial score (nSPS) is 13.2. The molecule has 0 heterocycles. The van der Waals surface area contributed by atoms with Crippen molar-refractivity contribution in [2.24, 2.45) is 17.4 Å². The maximum Gasteiger partial charge on any atom is -0.00231 e. The van der Waals surface area contributed by atoms with Crippen molar-refractivity contribution in [3.63, 3.8) is 0 Å². The Hall–Kier alpha value is -0.120. The topological polar surface area (TPSA) is 64.1 Å². The summed E-state index contributed by atoms with van der Waals surface area (Å²) in [6.07, 6.45) is 3.44. The van der Waals surface area contributed by atoms with Crippen LogP contribution in [0.1, 0.15) is 26.2 Å². The molecule has 0 saturated heterocycles. The number of rotatable bonds is 8. The molecule has 3 heteroatoms. The largest absolute Gasteiger partial charge is 0.330 e. The summed E-state index contributed by atoms with van der Waals surface area (Å²) in [4.78, 5) is 0. The highest BCUT2D eigenvalue weighted by atomic mass is 14.9. The Balaban J connectivity index is 3.02. The molecule has 0 aromatic heterocycles.